The Hall–Kier alpha value is -4.10. The van der Waals surface area contributed by atoms with E-state index in [1.54, 1.807) is 0 Å². The van der Waals surface area contributed by atoms with Crippen molar-refractivity contribution >= 4 is 11.4 Å². The van der Waals surface area contributed by atoms with Crippen molar-refractivity contribution in [1.29, 1.82) is 0 Å². The van der Waals surface area contributed by atoms with Crippen LogP contribution in [0.2, 0.25) is 0 Å². The zero-order valence-corrected chi connectivity index (χ0v) is 23.0. The average molecular weight is 494 g/mol. The zero-order chi connectivity index (χ0) is 26.5. The smallest absolute Gasteiger partial charge is 0.0422 e. The highest BCUT2D eigenvalue weighted by Crippen LogP contribution is 2.49. The summed E-state index contributed by atoms with van der Waals surface area (Å²) in [7, 11) is 0. The van der Waals surface area contributed by atoms with E-state index < -0.39 is 0 Å². The fourth-order valence-corrected chi connectivity index (χ4v) is 5.98. The van der Waals surface area contributed by atoms with Gasteiger partial charge in [-0.1, -0.05) is 126 Å². The highest BCUT2D eigenvalue weighted by molar-refractivity contribution is 5.86. The Morgan fingerprint density at radius 1 is 0.526 bits per heavy atom. The van der Waals surface area contributed by atoms with Crippen molar-refractivity contribution in [3.8, 4) is 33.4 Å². The minimum Gasteiger partial charge on any atom is -0.355 e. The number of rotatable bonds is 4. The van der Waals surface area contributed by atoms with Gasteiger partial charge in [0.1, 0.15) is 0 Å². The SMILES string of the molecule is CC(C)(C)c1cc(-c2ccccc2-c2ccccc2)ccc1Nc1ccc2c(c1)C(C)(C)c1ccccc1-2. The van der Waals surface area contributed by atoms with Gasteiger partial charge < -0.3 is 5.32 Å². The summed E-state index contributed by atoms with van der Waals surface area (Å²) in [5.41, 5.74) is 14.1. The fraction of sp³-hybridized carbons (Fsp3) is 0.189. The normalized spacial score (nSPS) is 13.6. The van der Waals surface area contributed by atoms with Crippen LogP contribution in [0.3, 0.4) is 0 Å². The van der Waals surface area contributed by atoms with E-state index in [1.807, 2.05) is 0 Å². The molecule has 0 saturated heterocycles. The molecule has 1 aliphatic carbocycles. The summed E-state index contributed by atoms with van der Waals surface area (Å²) in [6, 6.07) is 41.9. The maximum atomic E-state index is 3.80. The lowest BCUT2D eigenvalue weighted by Gasteiger charge is -2.26. The predicted molar refractivity (Wildman–Crippen MR) is 163 cm³/mol. The number of fused-ring (bicyclic) bond motifs is 3. The summed E-state index contributed by atoms with van der Waals surface area (Å²) in [5, 5.41) is 3.80. The first-order chi connectivity index (χ1) is 18.2. The molecule has 0 saturated carbocycles. The van der Waals surface area contributed by atoms with Gasteiger partial charge >= 0.3 is 0 Å². The topological polar surface area (TPSA) is 12.0 Å². The second-order valence-corrected chi connectivity index (χ2v) is 12.0. The predicted octanol–water partition coefficient (Wildman–Crippen LogP) is 10.4. The van der Waals surface area contributed by atoms with Gasteiger partial charge in [-0.15, -0.1) is 0 Å². The highest BCUT2D eigenvalue weighted by atomic mass is 14.9. The molecule has 5 aromatic rings. The van der Waals surface area contributed by atoms with Crippen LogP contribution in [0.25, 0.3) is 33.4 Å². The van der Waals surface area contributed by atoms with Gasteiger partial charge in [0.15, 0.2) is 0 Å². The number of hydrogen-bond donors (Lipinski definition) is 1. The molecule has 1 heteroatoms. The summed E-state index contributed by atoms with van der Waals surface area (Å²) in [6.07, 6.45) is 0. The number of hydrogen-bond acceptors (Lipinski definition) is 1. The van der Waals surface area contributed by atoms with Crippen molar-refractivity contribution in [1.82, 2.24) is 0 Å². The van der Waals surface area contributed by atoms with Gasteiger partial charge in [-0.05, 0) is 79.8 Å². The Morgan fingerprint density at radius 3 is 1.84 bits per heavy atom. The van der Waals surface area contributed by atoms with E-state index in [1.165, 1.54) is 50.1 Å². The van der Waals surface area contributed by atoms with Crippen LogP contribution in [0, 0.1) is 0 Å². The van der Waals surface area contributed by atoms with E-state index in [2.05, 4.69) is 155 Å². The molecule has 0 unspecified atom stereocenters. The van der Waals surface area contributed by atoms with Gasteiger partial charge in [-0.3, -0.25) is 0 Å². The molecule has 0 heterocycles. The minimum absolute atomic E-state index is 0.0124. The van der Waals surface area contributed by atoms with Gasteiger partial charge in [0.05, 0.1) is 0 Å². The number of anilines is 2. The van der Waals surface area contributed by atoms with Crippen LogP contribution in [0.5, 0.6) is 0 Å². The summed E-state index contributed by atoms with van der Waals surface area (Å²) in [4.78, 5) is 0. The first kappa shape index (κ1) is 24.2. The Labute approximate surface area is 227 Å². The Balaban J connectivity index is 1.40. The molecule has 0 bridgehead atoms. The lowest BCUT2D eigenvalue weighted by molar-refractivity contribution is 0.592. The van der Waals surface area contributed by atoms with Crippen LogP contribution < -0.4 is 5.32 Å². The van der Waals surface area contributed by atoms with Crippen LogP contribution in [0.15, 0.2) is 115 Å². The van der Waals surface area contributed by atoms with Crippen molar-refractivity contribution < 1.29 is 0 Å². The maximum Gasteiger partial charge on any atom is 0.0422 e. The molecule has 6 rings (SSSR count). The quantitative estimate of drug-likeness (QED) is 0.262. The van der Waals surface area contributed by atoms with Crippen LogP contribution in [0.1, 0.15) is 51.3 Å². The van der Waals surface area contributed by atoms with Crippen molar-refractivity contribution in [2.45, 2.75) is 45.4 Å². The lowest BCUT2D eigenvalue weighted by Crippen LogP contribution is -2.16. The molecular formula is C37H35N. The van der Waals surface area contributed by atoms with Crippen LogP contribution in [0.4, 0.5) is 11.4 Å². The molecule has 0 spiro atoms. The molecule has 0 fully saturated rings. The van der Waals surface area contributed by atoms with E-state index in [0.29, 0.717) is 0 Å². The maximum absolute atomic E-state index is 3.80. The second kappa shape index (κ2) is 9.03. The molecule has 5 aromatic carbocycles. The van der Waals surface area contributed by atoms with Crippen molar-refractivity contribution in [2.24, 2.45) is 0 Å². The Kier molecular flexibility index (Phi) is 5.76. The third-order valence-corrected chi connectivity index (χ3v) is 8.01. The third-order valence-electron chi connectivity index (χ3n) is 8.01. The summed E-state index contributed by atoms with van der Waals surface area (Å²) < 4.78 is 0. The molecule has 1 aliphatic rings. The lowest BCUT2D eigenvalue weighted by atomic mass is 9.82. The van der Waals surface area contributed by atoms with E-state index in [4.69, 9.17) is 0 Å². The Morgan fingerprint density at radius 2 is 1.13 bits per heavy atom. The van der Waals surface area contributed by atoms with Crippen LogP contribution >= 0.6 is 0 Å². The van der Waals surface area contributed by atoms with E-state index in [-0.39, 0.29) is 10.8 Å². The summed E-state index contributed by atoms with van der Waals surface area (Å²) >= 11 is 0. The molecule has 38 heavy (non-hydrogen) atoms. The fourth-order valence-electron chi connectivity index (χ4n) is 5.98. The van der Waals surface area contributed by atoms with E-state index in [0.717, 1.165) is 11.4 Å². The number of benzene rings is 5. The van der Waals surface area contributed by atoms with Crippen molar-refractivity contribution in [3.05, 3.63) is 132 Å². The first-order valence-electron chi connectivity index (χ1n) is 13.5. The first-order valence-corrected chi connectivity index (χ1v) is 13.5. The van der Waals surface area contributed by atoms with E-state index >= 15 is 0 Å². The third kappa shape index (κ3) is 4.13. The molecule has 1 nitrogen and oxygen atoms in total. The van der Waals surface area contributed by atoms with Crippen molar-refractivity contribution in [2.75, 3.05) is 5.32 Å². The standard InChI is InChI=1S/C37H35N/c1-36(2,3)34-23-26(29-16-10-9-15-28(29)25-13-7-6-8-14-25)19-22-35(34)38-27-20-21-31-30-17-11-12-18-32(30)37(4,5)33(31)24-27/h6-24,38H,1-5H3. The average Bonchev–Trinajstić information content (AvgIpc) is 3.15. The van der Waals surface area contributed by atoms with E-state index in [9.17, 15) is 0 Å². The molecule has 188 valence electrons. The second-order valence-electron chi connectivity index (χ2n) is 12.0. The molecule has 0 radical (unpaired) electrons. The molecule has 0 aliphatic heterocycles. The molecule has 0 atom stereocenters. The van der Waals surface area contributed by atoms with Gasteiger partial charge in [0.25, 0.3) is 0 Å². The monoisotopic (exact) mass is 493 g/mol. The number of nitrogens with one attached hydrogen (secondary N) is 1. The Bertz CT molecular complexity index is 1630. The van der Waals surface area contributed by atoms with Gasteiger partial charge in [-0.25, -0.2) is 0 Å². The molecular weight excluding hydrogens is 458 g/mol. The molecule has 1 N–H and O–H groups in total. The zero-order valence-electron chi connectivity index (χ0n) is 23.0. The molecule has 0 amide bonds. The van der Waals surface area contributed by atoms with Crippen LogP contribution in [-0.2, 0) is 10.8 Å². The molecule has 0 aromatic heterocycles. The van der Waals surface area contributed by atoms with Crippen molar-refractivity contribution in [3.63, 3.8) is 0 Å². The van der Waals surface area contributed by atoms with Crippen LogP contribution in [-0.4, -0.2) is 0 Å². The summed E-state index contributed by atoms with van der Waals surface area (Å²) in [5.74, 6) is 0. The summed E-state index contributed by atoms with van der Waals surface area (Å²) in [6.45, 7) is 11.6. The minimum atomic E-state index is -0.0216. The largest absolute Gasteiger partial charge is 0.355 e. The highest BCUT2D eigenvalue weighted by Gasteiger charge is 2.35. The van der Waals surface area contributed by atoms with Gasteiger partial charge in [0, 0.05) is 16.8 Å². The van der Waals surface area contributed by atoms with Gasteiger partial charge in [-0.2, -0.15) is 0 Å². The van der Waals surface area contributed by atoms with Gasteiger partial charge in [0.2, 0.25) is 0 Å².